The van der Waals surface area contributed by atoms with E-state index < -0.39 is 0 Å². The number of amides is 1. The molecule has 7 heteroatoms. The minimum absolute atomic E-state index is 0.0815. The molecule has 2 aromatic carbocycles. The Bertz CT molecular complexity index is 1190. The van der Waals surface area contributed by atoms with Crippen molar-refractivity contribution in [1.29, 1.82) is 0 Å². The average molecular weight is 478 g/mol. The van der Waals surface area contributed by atoms with Gasteiger partial charge in [-0.1, -0.05) is 24.3 Å². The molecule has 2 heterocycles. The molecule has 2 aliphatic rings. The Kier molecular flexibility index (Phi) is 6.86. The molecule has 6 nitrogen and oxygen atoms in total. The van der Waals surface area contributed by atoms with E-state index in [1.165, 1.54) is 17.3 Å². The molecule has 178 valence electrons. The van der Waals surface area contributed by atoms with Crippen molar-refractivity contribution in [2.75, 3.05) is 39.3 Å². The number of nitrogens with zero attached hydrogens (tertiary/aromatic N) is 3. The van der Waals surface area contributed by atoms with Gasteiger partial charge >= 0.3 is 0 Å². The summed E-state index contributed by atoms with van der Waals surface area (Å²) in [5.41, 5.74) is 5.04. The molecule has 0 aromatic heterocycles. The van der Waals surface area contributed by atoms with Gasteiger partial charge in [0.15, 0.2) is 5.17 Å². The van der Waals surface area contributed by atoms with Crippen LogP contribution in [0, 0.1) is 0 Å². The second-order valence-corrected chi connectivity index (χ2v) is 9.95. The Morgan fingerprint density at radius 3 is 2.56 bits per heavy atom. The number of carbonyl (C=O) groups excluding carboxylic acids is 1. The van der Waals surface area contributed by atoms with Gasteiger partial charge in [0, 0.05) is 37.0 Å². The number of carbonyl (C=O) groups is 1. The molecule has 0 N–H and O–H groups in total. The van der Waals surface area contributed by atoms with E-state index in [0.29, 0.717) is 23.2 Å². The van der Waals surface area contributed by atoms with Crippen molar-refractivity contribution in [3.8, 4) is 5.75 Å². The second kappa shape index (κ2) is 9.68. The summed E-state index contributed by atoms with van der Waals surface area (Å²) in [4.78, 5) is 22.6. The predicted octanol–water partition coefficient (Wildman–Crippen LogP) is 5.58. The number of amidine groups is 1. The van der Waals surface area contributed by atoms with Crippen LogP contribution in [-0.4, -0.2) is 55.9 Å². The number of methoxy groups -OCH3 is 2. The molecule has 0 spiro atoms. The van der Waals surface area contributed by atoms with Crippen LogP contribution in [0.25, 0.3) is 11.6 Å². The smallest absolute Gasteiger partial charge is 0.266 e. The Morgan fingerprint density at radius 2 is 1.88 bits per heavy atom. The second-order valence-electron chi connectivity index (χ2n) is 8.94. The molecule has 2 aliphatic heterocycles. The van der Waals surface area contributed by atoms with Crippen LogP contribution in [0.1, 0.15) is 31.9 Å². The summed E-state index contributed by atoms with van der Waals surface area (Å²) in [6.45, 7) is 7.38. The summed E-state index contributed by atoms with van der Waals surface area (Å²) in [7, 11) is 5.39. The van der Waals surface area contributed by atoms with Gasteiger partial charge in [-0.05, 0) is 62.4 Å². The zero-order chi connectivity index (χ0) is 24.5. The lowest BCUT2D eigenvalue weighted by atomic mass is 9.88. The molecule has 0 radical (unpaired) electrons. The maximum absolute atomic E-state index is 13.3. The van der Waals surface area contributed by atoms with Gasteiger partial charge in [0.25, 0.3) is 5.91 Å². The van der Waals surface area contributed by atoms with Gasteiger partial charge in [-0.3, -0.25) is 9.69 Å². The highest BCUT2D eigenvalue weighted by Gasteiger charge is 2.34. The van der Waals surface area contributed by atoms with E-state index in [2.05, 4.69) is 50.9 Å². The third-order valence-corrected chi connectivity index (χ3v) is 7.25. The largest absolute Gasteiger partial charge is 0.496 e. The Morgan fingerprint density at radius 1 is 1.15 bits per heavy atom. The lowest BCUT2D eigenvalue weighted by Crippen LogP contribution is -2.42. The fraction of sp³-hybridized carbons (Fsp3) is 0.333. The van der Waals surface area contributed by atoms with Crippen LogP contribution in [0.15, 0.2) is 58.4 Å². The molecule has 1 fully saturated rings. The maximum Gasteiger partial charge on any atom is 0.266 e. The highest BCUT2D eigenvalue weighted by molar-refractivity contribution is 8.18. The molecule has 1 saturated heterocycles. The first kappa shape index (κ1) is 24.1. The van der Waals surface area contributed by atoms with E-state index in [0.717, 1.165) is 28.3 Å². The van der Waals surface area contributed by atoms with Crippen molar-refractivity contribution in [3.05, 3.63) is 64.6 Å². The van der Waals surface area contributed by atoms with Crippen LogP contribution < -0.4 is 9.64 Å². The van der Waals surface area contributed by atoms with Crippen LogP contribution in [0.4, 0.5) is 11.4 Å². The van der Waals surface area contributed by atoms with Crippen molar-refractivity contribution in [3.63, 3.8) is 0 Å². The number of ether oxygens (including phenoxy) is 2. The first-order valence-corrected chi connectivity index (χ1v) is 12.1. The van der Waals surface area contributed by atoms with Gasteiger partial charge in [0.05, 0.1) is 36.4 Å². The number of likely N-dealkylation sites (N-methyl/N-ethyl adjacent to an activating group) is 1. The number of fused-ring (bicyclic) bond motifs is 1. The summed E-state index contributed by atoms with van der Waals surface area (Å²) in [5.74, 6) is 0.649. The quantitative estimate of drug-likeness (QED) is 0.509. The first-order valence-electron chi connectivity index (χ1n) is 11.2. The fourth-order valence-corrected chi connectivity index (χ4v) is 5.22. The number of para-hydroxylation sites is 1. The van der Waals surface area contributed by atoms with E-state index in [-0.39, 0.29) is 11.4 Å². The molecular formula is C27H31N3O3S. The van der Waals surface area contributed by atoms with Crippen LogP contribution in [0.5, 0.6) is 5.75 Å². The minimum Gasteiger partial charge on any atom is -0.496 e. The van der Waals surface area contributed by atoms with E-state index in [1.54, 1.807) is 19.1 Å². The topological polar surface area (TPSA) is 54.4 Å². The number of thioether (sulfide) groups is 1. The number of benzene rings is 2. The van der Waals surface area contributed by atoms with Gasteiger partial charge in [-0.15, -0.1) is 0 Å². The van der Waals surface area contributed by atoms with Crippen LogP contribution in [0.3, 0.4) is 0 Å². The van der Waals surface area contributed by atoms with Gasteiger partial charge < -0.3 is 14.4 Å². The van der Waals surface area contributed by atoms with Gasteiger partial charge in [-0.2, -0.15) is 0 Å². The van der Waals surface area contributed by atoms with Gasteiger partial charge in [0.2, 0.25) is 0 Å². The van der Waals surface area contributed by atoms with Gasteiger partial charge in [-0.25, -0.2) is 4.99 Å². The van der Waals surface area contributed by atoms with Crippen LogP contribution >= 0.6 is 11.8 Å². The highest BCUT2D eigenvalue weighted by atomic mass is 32.2. The number of allylic oxidation sites excluding steroid dienone is 1. The van der Waals surface area contributed by atoms with Crippen LogP contribution in [0.2, 0.25) is 0 Å². The normalized spacial score (nSPS) is 19.6. The third-order valence-electron chi connectivity index (χ3n) is 6.24. The molecule has 0 unspecified atom stereocenters. The van der Waals surface area contributed by atoms with Crippen molar-refractivity contribution < 1.29 is 14.3 Å². The lowest BCUT2D eigenvalue weighted by molar-refractivity contribution is -0.122. The Labute approximate surface area is 205 Å². The third kappa shape index (κ3) is 4.63. The minimum atomic E-state index is -0.0933. The molecule has 0 bridgehead atoms. The summed E-state index contributed by atoms with van der Waals surface area (Å²) < 4.78 is 11.0. The molecule has 0 aliphatic carbocycles. The Hall–Kier alpha value is -3.03. The maximum atomic E-state index is 13.3. The molecule has 1 amide bonds. The monoisotopic (exact) mass is 477 g/mol. The zero-order valence-electron chi connectivity index (χ0n) is 20.6. The predicted molar refractivity (Wildman–Crippen MR) is 142 cm³/mol. The Balaban J connectivity index is 1.75. The number of aliphatic imine (C=N–C) groups is 1. The van der Waals surface area contributed by atoms with Crippen molar-refractivity contribution >= 4 is 45.9 Å². The molecule has 0 saturated carbocycles. The average Bonchev–Trinajstić information content (AvgIpc) is 3.10. The molecule has 0 atom stereocenters. The first-order chi connectivity index (χ1) is 16.2. The zero-order valence-corrected chi connectivity index (χ0v) is 21.4. The van der Waals surface area contributed by atoms with E-state index >= 15 is 0 Å². The summed E-state index contributed by atoms with van der Waals surface area (Å²) in [6.07, 6.45) is 4.18. The fourth-order valence-electron chi connectivity index (χ4n) is 4.21. The number of anilines is 1. The lowest BCUT2D eigenvalue weighted by Gasteiger charge is -2.41. The summed E-state index contributed by atoms with van der Waals surface area (Å²) in [5, 5.41) is 0.647. The van der Waals surface area contributed by atoms with E-state index in [9.17, 15) is 4.79 Å². The SMILES string of the molecule is COCCN1C(=O)/C(=C\c2cc3c(cc2OC)N(C)C(C)(C)C=C3C)SC1=Nc1ccccc1. The highest BCUT2D eigenvalue weighted by Crippen LogP contribution is 2.43. The molecular weight excluding hydrogens is 446 g/mol. The van der Waals surface area contributed by atoms with Crippen molar-refractivity contribution in [2.24, 2.45) is 4.99 Å². The summed E-state index contributed by atoms with van der Waals surface area (Å²) >= 11 is 1.38. The van der Waals surface area contributed by atoms with Gasteiger partial charge in [0.1, 0.15) is 5.75 Å². The van der Waals surface area contributed by atoms with Crippen molar-refractivity contribution in [2.45, 2.75) is 26.3 Å². The number of hydrogen-bond acceptors (Lipinski definition) is 6. The molecule has 34 heavy (non-hydrogen) atoms. The molecule has 2 aromatic rings. The summed E-state index contributed by atoms with van der Waals surface area (Å²) in [6, 6.07) is 13.8. The standard InChI is InChI=1S/C27H31N3O3S/c1-18-17-27(2,3)29(4)22-16-23(33-6)19(14-21(18)22)15-24-25(31)30(12-13-32-5)26(34-24)28-20-10-8-7-9-11-20/h7-11,14-17H,12-13H2,1-6H3/b24-15+,28-26?. The number of hydrogen-bond donors (Lipinski definition) is 0. The van der Waals surface area contributed by atoms with E-state index in [1.807, 2.05) is 36.4 Å². The number of rotatable bonds is 6. The van der Waals surface area contributed by atoms with Crippen molar-refractivity contribution in [1.82, 2.24) is 4.90 Å². The van der Waals surface area contributed by atoms with Crippen LogP contribution in [-0.2, 0) is 9.53 Å². The van der Waals surface area contributed by atoms with E-state index in [4.69, 9.17) is 14.5 Å². The molecule has 4 rings (SSSR count).